The first-order chi connectivity index (χ1) is 11.7. The van der Waals surface area contributed by atoms with Gasteiger partial charge in [0.05, 0.1) is 23.1 Å². The molecule has 0 spiro atoms. The van der Waals surface area contributed by atoms with Crippen LogP contribution in [0.1, 0.15) is 10.5 Å². The Morgan fingerprint density at radius 1 is 1.08 bits per heavy atom. The van der Waals surface area contributed by atoms with E-state index in [0.29, 0.717) is 16.9 Å². The van der Waals surface area contributed by atoms with Gasteiger partial charge < -0.3 is 5.32 Å². The number of nitrogens with one attached hydrogen (secondary N) is 1. The number of hydrogen-bond acceptors (Lipinski definition) is 5. The molecule has 4 rings (SSSR count). The van der Waals surface area contributed by atoms with E-state index < -0.39 is 0 Å². The van der Waals surface area contributed by atoms with Crippen LogP contribution in [0.25, 0.3) is 22.3 Å². The molecule has 0 aliphatic rings. The van der Waals surface area contributed by atoms with Crippen LogP contribution in [-0.4, -0.2) is 24.4 Å². The smallest absolute Gasteiger partial charge is 0.274 e. The van der Waals surface area contributed by atoms with Crippen molar-refractivity contribution in [3.05, 3.63) is 60.3 Å². The molecule has 0 atom stereocenters. The van der Waals surface area contributed by atoms with E-state index in [0.717, 1.165) is 28.5 Å². The SMILES string of the molecule is Cn1nc(-c2ccccc2)cc1C(=O)Nc1cccc2nsnc12. The normalized spacial score (nSPS) is 10.9. The molecule has 0 bridgehead atoms. The Bertz CT molecular complexity index is 1020. The lowest BCUT2D eigenvalue weighted by Crippen LogP contribution is -2.16. The summed E-state index contributed by atoms with van der Waals surface area (Å²) < 4.78 is 10.00. The van der Waals surface area contributed by atoms with Crippen molar-refractivity contribution in [1.82, 2.24) is 18.5 Å². The van der Waals surface area contributed by atoms with Gasteiger partial charge in [-0.25, -0.2) is 0 Å². The highest BCUT2D eigenvalue weighted by Crippen LogP contribution is 2.23. The summed E-state index contributed by atoms with van der Waals surface area (Å²) in [5.74, 6) is -0.229. The van der Waals surface area contributed by atoms with Gasteiger partial charge in [-0.3, -0.25) is 9.48 Å². The monoisotopic (exact) mass is 335 g/mol. The van der Waals surface area contributed by atoms with E-state index in [1.54, 1.807) is 17.8 Å². The molecular formula is C17H13N5OS. The van der Waals surface area contributed by atoms with E-state index in [1.807, 2.05) is 48.5 Å². The Morgan fingerprint density at radius 3 is 2.75 bits per heavy atom. The van der Waals surface area contributed by atoms with E-state index in [-0.39, 0.29) is 5.91 Å². The van der Waals surface area contributed by atoms with Gasteiger partial charge in [0.15, 0.2) is 0 Å². The predicted octanol–water partition coefficient (Wildman–Crippen LogP) is 3.34. The minimum atomic E-state index is -0.229. The number of fused-ring (bicyclic) bond motifs is 1. The van der Waals surface area contributed by atoms with Crippen molar-refractivity contribution in [1.29, 1.82) is 0 Å². The molecule has 0 unspecified atom stereocenters. The van der Waals surface area contributed by atoms with Crippen LogP contribution in [0.5, 0.6) is 0 Å². The summed E-state index contributed by atoms with van der Waals surface area (Å²) in [6.45, 7) is 0. The molecular weight excluding hydrogens is 322 g/mol. The number of amides is 1. The lowest BCUT2D eigenvalue weighted by Gasteiger charge is -2.05. The molecule has 118 valence electrons. The maximum Gasteiger partial charge on any atom is 0.274 e. The second-order valence-corrected chi connectivity index (χ2v) is 5.82. The summed E-state index contributed by atoms with van der Waals surface area (Å²) in [6.07, 6.45) is 0. The zero-order valence-corrected chi connectivity index (χ0v) is 13.6. The number of aromatic nitrogens is 4. The number of rotatable bonds is 3. The maximum atomic E-state index is 12.6. The summed E-state index contributed by atoms with van der Waals surface area (Å²) in [7, 11) is 1.76. The van der Waals surface area contributed by atoms with Crippen molar-refractivity contribution in [2.45, 2.75) is 0 Å². The molecule has 0 saturated heterocycles. The Morgan fingerprint density at radius 2 is 1.92 bits per heavy atom. The van der Waals surface area contributed by atoms with Crippen molar-refractivity contribution in [3.63, 3.8) is 0 Å². The summed E-state index contributed by atoms with van der Waals surface area (Å²) in [6, 6.07) is 17.1. The first-order valence-corrected chi connectivity index (χ1v) is 8.07. The third-order valence-corrected chi connectivity index (χ3v) is 4.26. The minimum absolute atomic E-state index is 0.229. The maximum absolute atomic E-state index is 12.6. The fourth-order valence-electron chi connectivity index (χ4n) is 2.52. The van der Waals surface area contributed by atoms with E-state index in [1.165, 1.54) is 0 Å². The zero-order valence-electron chi connectivity index (χ0n) is 12.8. The van der Waals surface area contributed by atoms with Gasteiger partial charge in [-0.2, -0.15) is 13.8 Å². The molecule has 0 saturated carbocycles. The van der Waals surface area contributed by atoms with Gasteiger partial charge in [0, 0.05) is 12.6 Å². The van der Waals surface area contributed by atoms with Crippen LogP contribution >= 0.6 is 11.7 Å². The molecule has 0 fully saturated rings. The Labute approximate surface area is 142 Å². The van der Waals surface area contributed by atoms with Crippen LogP contribution in [-0.2, 0) is 7.05 Å². The van der Waals surface area contributed by atoms with Gasteiger partial charge >= 0.3 is 0 Å². The van der Waals surface area contributed by atoms with Crippen molar-refractivity contribution in [2.24, 2.45) is 7.05 Å². The fraction of sp³-hybridized carbons (Fsp3) is 0.0588. The Kier molecular flexibility index (Phi) is 3.55. The van der Waals surface area contributed by atoms with Gasteiger partial charge in [0.25, 0.3) is 5.91 Å². The van der Waals surface area contributed by atoms with Gasteiger partial charge in [-0.1, -0.05) is 36.4 Å². The summed E-state index contributed by atoms with van der Waals surface area (Å²) in [4.78, 5) is 12.6. The average Bonchev–Trinajstić information content (AvgIpc) is 3.23. The van der Waals surface area contributed by atoms with Crippen LogP contribution in [0.3, 0.4) is 0 Å². The molecule has 24 heavy (non-hydrogen) atoms. The van der Waals surface area contributed by atoms with E-state index >= 15 is 0 Å². The second-order valence-electron chi connectivity index (χ2n) is 5.30. The van der Waals surface area contributed by atoms with Crippen LogP contribution in [0.4, 0.5) is 5.69 Å². The van der Waals surface area contributed by atoms with Gasteiger partial charge in [-0.15, -0.1) is 0 Å². The molecule has 2 aromatic heterocycles. The highest BCUT2D eigenvalue weighted by atomic mass is 32.1. The molecule has 0 radical (unpaired) electrons. The molecule has 1 N–H and O–H groups in total. The van der Waals surface area contributed by atoms with Gasteiger partial charge in [-0.05, 0) is 18.2 Å². The Hall–Kier alpha value is -3.06. The molecule has 4 aromatic rings. The number of nitrogens with zero attached hydrogens (tertiary/aromatic N) is 4. The molecule has 2 aromatic carbocycles. The molecule has 0 aliphatic heterocycles. The Balaban J connectivity index is 1.66. The van der Waals surface area contributed by atoms with E-state index in [4.69, 9.17) is 0 Å². The molecule has 1 amide bonds. The molecule has 6 nitrogen and oxygen atoms in total. The number of carbonyl (C=O) groups is 1. The number of aryl methyl sites for hydroxylation is 1. The summed E-state index contributed by atoms with van der Waals surface area (Å²) in [5.41, 5.74) is 4.33. The molecule has 7 heteroatoms. The van der Waals surface area contributed by atoms with E-state index in [9.17, 15) is 4.79 Å². The second kappa shape index (κ2) is 5.86. The highest BCUT2D eigenvalue weighted by molar-refractivity contribution is 7.00. The lowest BCUT2D eigenvalue weighted by molar-refractivity contribution is 0.101. The third kappa shape index (κ3) is 2.55. The lowest BCUT2D eigenvalue weighted by atomic mass is 10.1. The number of carbonyl (C=O) groups excluding carboxylic acids is 1. The summed E-state index contributed by atoms with van der Waals surface area (Å²) in [5, 5.41) is 7.32. The number of anilines is 1. The van der Waals surface area contributed by atoms with Crippen LogP contribution < -0.4 is 5.32 Å². The van der Waals surface area contributed by atoms with Crippen LogP contribution in [0, 0.1) is 0 Å². The quantitative estimate of drug-likeness (QED) is 0.623. The van der Waals surface area contributed by atoms with Gasteiger partial charge in [0.2, 0.25) is 0 Å². The van der Waals surface area contributed by atoms with Crippen molar-refractivity contribution in [3.8, 4) is 11.3 Å². The summed E-state index contributed by atoms with van der Waals surface area (Å²) >= 11 is 1.13. The molecule has 2 heterocycles. The number of hydrogen-bond donors (Lipinski definition) is 1. The predicted molar refractivity (Wildman–Crippen MR) is 94.0 cm³/mol. The average molecular weight is 335 g/mol. The largest absolute Gasteiger partial charge is 0.319 e. The minimum Gasteiger partial charge on any atom is -0.319 e. The first-order valence-electron chi connectivity index (χ1n) is 7.34. The highest BCUT2D eigenvalue weighted by Gasteiger charge is 2.16. The van der Waals surface area contributed by atoms with Crippen LogP contribution in [0.15, 0.2) is 54.6 Å². The third-order valence-electron chi connectivity index (χ3n) is 3.72. The topological polar surface area (TPSA) is 72.7 Å². The fourth-order valence-corrected chi connectivity index (χ4v) is 3.07. The van der Waals surface area contributed by atoms with Crippen molar-refractivity contribution in [2.75, 3.05) is 5.32 Å². The first kappa shape index (κ1) is 14.5. The van der Waals surface area contributed by atoms with Crippen LogP contribution in [0.2, 0.25) is 0 Å². The van der Waals surface area contributed by atoms with Crippen molar-refractivity contribution >= 4 is 34.4 Å². The zero-order chi connectivity index (χ0) is 16.5. The number of benzene rings is 2. The van der Waals surface area contributed by atoms with Gasteiger partial charge in [0.1, 0.15) is 16.7 Å². The van der Waals surface area contributed by atoms with E-state index in [2.05, 4.69) is 19.2 Å². The molecule has 0 aliphatic carbocycles. The standard InChI is InChI=1S/C17H13N5OS/c1-22-15(10-14(19-22)11-6-3-2-4-7-11)17(23)18-12-8-5-9-13-16(12)21-24-20-13/h2-10H,1H3,(H,18,23). The van der Waals surface area contributed by atoms with Crippen molar-refractivity contribution < 1.29 is 4.79 Å².